The van der Waals surface area contributed by atoms with Crippen LogP contribution in [0.1, 0.15) is 303 Å². The first-order valence-electron chi connectivity index (χ1n) is 32.2. The quantitative estimate of drug-likeness (QED) is 0.0197. The summed E-state index contributed by atoms with van der Waals surface area (Å²) in [5.41, 5.74) is 0. The molecule has 0 aromatic carbocycles. The number of aliphatic hydroxyl groups excluding tert-OH is 1. The van der Waals surface area contributed by atoms with Crippen LogP contribution >= 0.6 is 7.82 Å². The topological polar surface area (TPSA) is 155 Å². The normalized spacial score (nSPS) is 13.7. The minimum atomic E-state index is -4.76. The van der Waals surface area contributed by atoms with Gasteiger partial charge in [-0.1, -0.05) is 261 Å². The van der Waals surface area contributed by atoms with Crippen molar-refractivity contribution in [3.8, 4) is 0 Å². The minimum Gasteiger partial charge on any atom is -0.462 e. The van der Waals surface area contributed by atoms with Gasteiger partial charge in [0.2, 0.25) is 0 Å². The SMILES string of the molecule is CC/C=C\C/C=C\C/C=C\CCCCCC(=O)OCC(COP(=O)(O)OCC(CO)OC(=O)CCCCCCCCCCCCCCCCCCCCC)OC(=O)CCCCCCCCCCC/C=C\C/C=C\CCCCC. The van der Waals surface area contributed by atoms with Gasteiger partial charge < -0.3 is 24.2 Å². The molecule has 0 aromatic heterocycles. The lowest BCUT2D eigenvalue weighted by molar-refractivity contribution is -0.161. The third kappa shape index (κ3) is 57.9. The monoisotopic (exact) mass is 1120 g/mol. The van der Waals surface area contributed by atoms with Crippen LogP contribution in [0, 0.1) is 0 Å². The maximum Gasteiger partial charge on any atom is 0.472 e. The summed E-state index contributed by atoms with van der Waals surface area (Å²) in [6, 6.07) is 0. The first-order chi connectivity index (χ1) is 38.2. The van der Waals surface area contributed by atoms with E-state index in [9.17, 15) is 28.9 Å². The van der Waals surface area contributed by atoms with Gasteiger partial charge in [0.1, 0.15) is 12.7 Å². The number of carbonyl (C=O) groups excluding carboxylic acids is 3. The average molecular weight is 1120 g/mol. The number of unbranched alkanes of at least 4 members (excludes halogenated alkanes) is 33. The van der Waals surface area contributed by atoms with E-state index < -0.39 is 57.8 Å². The van der Waals surface area contributed by atoms with Crippen molar-refractivity contribution in [2.45, 2.75) is 315 Å². The van der Waals surface area contributed by atoms with E-state index >= 15 is 0 Å². The van der Waals surface area contributed by atoms with Crippen molar-refractivity contribution in [1.82, 2.24) is 0 Å². The molecule has 78 heavy (non-hydrogen) atoms. The zero-order valence-corrected chi connectivity index (χ0v) is 51.3. The molecule has 0 radical (unpaired) electrons. The van der Waals surface area contributed by atoms with Crippen molar-refractivity contribution < 1.29 is 52.2 Å². The van der Waals surface area contributed by atoms with E-state index in [1.807, 2.05) is 0 Å². The molecular weight excluding hydrogens is 1000 g/mol. The number of phosphoric acid groups is 1. The molecule has 0 saturated heterocycles. The fourth-order valence-electron chi connectivity index (χ4n) is 9.05. The molecule has 0 aliphatic rings. The second-order valence-corrected chi connectivity index (χ2v) is 23.0. The van der Waals surface area contributed by atoms with Crippen LogP contribution in [0.25, 0.3) is 0 Å². The molecule has 0 spiro atoms. The molecule has 0 heterocycles. The van der Waals surface area contributed by atoms with E-state index in [2.05, 4.69) is 81.5 Å². The van der Waals surface area contributed by atoms with Crippen molar-refractivity contribution in [3.05, 3.63) is 60.8 Å². The Labute approximate surface area is 478 Å². The third-order valence-electron chi connectivity index (χ3n) is 13.9. The van der Waals surface area contributed by atoms with Gasteiger partial charge >= 0.3 is 25.7 Å². The molecule has 454 valence electrons. The van der Waals surface area contributed by atoms with Gasteiger partial charge in [0, 0.05) is 19.3 Å². The van der Waals surface area contributed by atoms with Gasteiger partial charge in [-0.25, -0.2) is 4.57 Å². The summed E-state index contributed by atoms with van der Waals surface area (Å²) in [5.74, 6) is -1.49. The Morgan fingerprint density at radius 3 is 1.06 bits per heavy atom. The number of hydrogen-bond donors (Lipinski definition) is 2. The highest BCUT2D eigenvalue weighted by atomic mass is 31.2. The van der Waals surface area contributed by atoms with Crippen LogP contribution in [-0.2, 0) is 42.2 Å². The van der Waals surface area contributed by atoms with Crippen LogP contribution < -0.4 is 0 Å². The van der Waals surface area contributed by atoms with E-state index in [-0.39, 0.29) is 25.9 Å². The van der Waals surface area contributed by atoms with Crippen molar-refractivity contribution in [3.63, 3.8) is 0 Å². The first kappa shape index (κ1) is 75.2. The van der Waals surface area contributed by atoms with Gasteiger partial charge in [0.15, 0.2) is 6.10 Å². The van der Waals surface area contributed by atoms with Gasteiger partial charge in [-0.3, -0.25) is 23.4 Å². The lowest BCUT2D eigenvalue weighted by Crippen LogP contribution is -2.30. The Morgan fingerprint density at radius 2 is 0.667 bits per heavy atom. The molecule has 0 aliphatic heterocycles. The summed E-state index contributed by atoms with van der Waals surface area (Å²) < 4.78 is 39.6. The van der Waals surface area contributed by atoms with Crippen LogP contribution in [-0.4, -0.2) is 66.5 Å². The number of allylic oxidation sites excluding steroid dienone is 10. The molecule has 0 saturated carbocycles. The summed E-state index contributed by atoms with van der Waals surface area (Å²) in [6.07, 6.45) is 67.5. The van der Waals surface area contributed by atoms with Gasteiger partial charge in [0.25, 0.3) is 0 Å². The van der Waals surface area contributed by atoms with Crippen molar-refractivity contribution in [1.29, 1.82) is 0 Å². The Morgan fingerprint density at radius 1 is 0.372 bits per heavy atom. The van der Waals surface area contributed by atoms with E-state index in [1.165, 1.54) is 154 Å². The molecular formula is C66H119O11P. The van der Waals surface area contributed by atoms with Crippen LogP contribution in [0.2, 0.25) is 0 Å². The number of esters is 3. The maximum atomic E-state index is 12.9. The highest BCUT2D eigenvalue weighted by Crippen LogP contribution is 2.43. The number of aliphatic hydroxyl groups is 1. The zero-order valence-electron chi connectivity index (χ0n) is 50.4. The Hall–Kier alpha value is -2.82. The number of ether oxygens (including phenoxy) is 3. The summed E-state index contributed by atoms with van der Waals surface area (Å²) in [6.45, 7) is 4.52. The Bertz CT molecular complexity index is 1540. The van der Waals surface area contributed by atoms with Crippen molar-refractivity contribution >= 4 is 25.7 Å². The molecule has 0 bridgehead atoms. The summed E-state index contributed by atoms with van der Waals surface area (Å²) in [5, 5.41) is 9.86. The lowest BCUT2D eigenvalue weighted by atomic mass is 10.0. The summed E-state index contributed by atoms with van der Waals surface area (Å²) >= 11 is 0. The van der Waals surface area contributed by atoms with Crippen LogP contribution in [0.15, 0.2) is 60.8 Å². The van der Waals surface area contributed by atoms with Gasteiger partial charge in [-0.05, 0) is 83.5 Å². The maximum absolute atomic E-state index is 12.9. The van der Waals surface area contributed by atoms with Gasteiger partial charge in [-0.2, -0.15) is 0 Å². The van der Waals surface area contributed by atoms with Gasteiger partial charge in [0.05, 0.1) is 19.8 Å². The summed E-state index contributed by atoms with van der Waals surface area (Å²) in [7, 11) is -4.76. The molecule has 0 fully saturated rings. The molecule has 2 N–H and O–H groups in total. The number of carbonyl (C=O) groups is 3. The predicted octanol–water partition coefficient (Wildman–Crippen LogP) is 19.5. The highest BCUT2D eigenvalue weighted by Gasteiger charge is 2.28. The fourth-order valence-corrected chi connectivity index (χ4v) is 9.83. The van der Waals surface area contributed by atoms with Crippen LogP contribution in [0.3, 0.4) is 0 Å². The zero-order chi connectivity index (χ0) is 56.9. The number of rotatable bonds is 60. The Kier molecular flexibility index (Phi) is 58.1. The Balaban J connectivity index is 4.64. The minimum absolute atomic E-state index is 0.157. The smallest absolute Gasteiger partial charge is 0.462 e. The number of phosphoric ester groups is 1. The largest absolute Gasteiger partial charge is 0.472 e. The lowest BCUT2D eigenvalue weighted by Gasteiger charge is -2.21. The van der Waals surface area contributed by atoms with Gasteiger partial charge in [-0.15, -0.1) is 0 Å². The van der Waals surface area contributed by atoms with E-state index in [4.69, 9.17) is 23.3 Å². The van der Waals surface area contributed by atoms with E-state index in [0.29, 0.717) is 19.3 Å². The first-order valence-corrected chi connectivity index (χ1v) is 33.7. The molecule has 0 aromatic rings. The standard InChI is InChI=1S/C66H119O11P/c1-4-7-10-13-16-19-22-25-27-29-31-33-35-38-41-44-47-50-53-56-65(69)76-62(58-67)60-74-78(71,72)75-61-63(59-73-64(68)55-52-49-46-43-40-37-24-21-18-15-12-9-6-3)77-66(70)57-54-51-48-45-42-39-36-34-32-30-28-26-23-20-17-14-11-8-5-2/h9,12,17-18,20-21,26,28,37,40,62-63,67H,4-8,10-11,13-16,19,22-25,27,29-36,38-39,41-61H2,1-3H3,(H,71,72)/b12-9-,20-17-,21-18-,28-26-,40-37-. The van der Waals surface area contributed by atoms with Crippen LogP contribution in [0.4, 0.5) is 0 Å². The van der Waals surface area contributed by atoms with E-state index in [0.717, 1.165) is 89.9 Å². The highest BCUT2D eigenvalue weighted by molar-refractivity contribution is 7.47. The molecule has 0 rings (SSSR count). The molecule has 12 heteroatoms. The second kappa shape index (κ2) is 60.3. The second-order valence-electron chi connectivity index (χ2n) is 21.6. The summed E-state index contributed by atoms with van der Waals surface area (Å²) in [4.78, 5) is 48.7. The predicted molar refractivity (Wildman–Crippen MR) is 325 cm³/mol. The molecule has 3 atom stereocenters. The molecule has 11 nitrogen and oxygen atoms in total. The third-order valence-corrected chi connectivity index (χ3v) is 14.9. The molecule has 3 unspecified atom stereocenters. The molecule has 0 amide bonds. The molecule has 0 aliphatic carbocycles. The van der Waals surface area contributed by atoms with E-state index in [1.54, 1.807) is 0 Å². The van der Waals surface area contributed by atoms with Crippen LogP contribution in [0.5, 0.6) is 0 Å². The van der Waals surface area contributed by atoms with Crippen molar-refractivity contribution in [2.24, 2.45) is 0 Å². The van der Waals surface area contributed by atoms with Crippen molar-refractivity contribution in [2.75, 3.05) is 26.4 Å². The average Bonchev–Trinajstić information content (AvgIpc) is 3.43. The number of hydrogen-bond acceptors (Lipinski definition) is 10. The fraction of sp³-hybridized carbons (Fsp3) is 0.803.